The minimum atomic E-state index is -0.475. The Morgan fingerprint density at radius 3 is 2.26 bits per heavy atom. The van der Waals surface area contributed by atoms with Gasteiger partial charge in [0.1, 0.15) is 22.6 Å². The maximum atomic E-state index is 13.3. The molecule has 0 saturated heterocycles. The first-order chi connectivity index (χ1) is 14.8. The van der Waals surface area contributed by atoms with Gasteiger partial charge in [0.2, 0.25) is 0 Å². The summed E-state index contributed by atoms with van der Waals surface area (Å²) < 4.78 is 17.2. The molecule has 0 spiro atoms. The molecule has 3 rings (SSSR count). The summed E-state index contributed by atoms with van der Waals surface area (Å²) in [6, 6.07) is 11.0. The maximum absolute atomic E-state index is 13.3. The predicted octanol–water partition coefficient (Wildman–Crippen LogP) is 5.82. The van der Waals surface area contributed by atoms with Gasteiger partial charge in [-0.05, 0) is 25.8 Å². The van der Waals surface area contributed by atoms with Gasteiger partial charge in [0.15, 0.2) is 5.78 Å². The lowest BCUT2D eigenvalue weighted by molar-refractivity contribution is 0.0933. The van der Waals surface area contributed by atoms with Gasteiger partial charge in [0, 0.05) is 23.1 Å². The predicted molar refractivity (Wildman–Crippen MR) is 123 cm³/mol. The molecule has 0 saturated carbocycles. The fourth-order valence-electron chi connectivity index (χ4n) is 3.69. The summed E-state index contributed by atoms with van der Waals surface area (Å²) in [7, 11) is 3.03. The van der Waals surface area contributed by atoms with Crippen LogP contribution in [0.25, 0.3) is 22.1 Å². The molecular weight excluding hydrogens is 392 g/mol. The lowest BCUT2D eigenvalue weighted by Gasteiger charge is -2.21. The topological polar surface area (TPSA) is 65.7 Å². The Bertz CT molecular complexity index is 1200. The van der Waals surface area contributed by atoms with Crippen molar-refractivity contribution in [2.24, 2.45) is 5.92 Å². The Kier molecular flexibility index (Phi) is 6.64. The van der Waals surface area contributed by atoms with Crippen molar-refractivity contribution < 1.29 is 18.7 Å². The third-order valence-corrected chi connectivity index (χ3v) is 5.17. The van der Waals surface area contributed by atoms with Gasteiger partial charge in [0.25, 0.3) is 0 Å². The Labute approximate surface area is 182 Å². The molecule has 0 fully saturated rings. The summed E-state index contributed by atoms with van der Waals surface area (Å²) in [5, 5.41) is 0.593. The van der Waals surface area contributed by atoms with E-state index in [0.29, 0.717) is 45.6 Å². The molecule has 1 heterocycles. The van der Waals surface area contributed by atoms with Gasteiger partial charge in [-0.1, -0.05) is 55.8 Å². The highest BCUT2D eigenvalue weighted by Gasteiger charge is 2.30. The quantitative estimate of drug-likeness (QED) is 0.274. The molecule has 0 amide bonds. The fraction of sp³-hybridized carbons (Fsp3) is 0.308. The zero-order valence-electron chi connectivity index (χ0n) is 18.9. The summed E-state index contributed by atoms with van der Waals surface area (Å²) >= 11 is 0. The standard InChI is InChI=1S/C26H28O5/c1-15(2)12-13-18-24(29-5)22(23(28)16(3)4)26(30-6)21-19(14-20(27)31-25(18)21)17-10-8-7-9-11-17/h7-12,14,16H,13H2,1-6H3. The van der Waals surface area contributed by atoms with E-state index < -0.39 is 5.63 Å². The summed E-state index contributed by atoms with van der Waals surface area (Å²) in [5.41, 5.74) is 3.51. The number of ether oxygens (including phenoxy) is 2. The van der Waals surface area contributed by atoms with E-state index in [4.69, 9.17) is 13.9 Å². The van der Waals surface area contributed by atoms with Gasteiger partial charge in [-0.15, -0.1) is 0 Å². The SMILES string of the molecule is COc1c(C(=O)C(C)C)c(OC)c2c(-c3ccccc3)cc(=O)oc2c1CC=C(C)C. The van der Waals surface area contributed by atoms with Crippen LogP contribution < -0.4 is 15.1 Å². The number of carbonyl (C=O) groups is 1. The highest BCUT2D eigenvalue weighted by molar-refractivity contribution is 6.12. The molecule has 2 aromatic carbocycles. The van der Waals surface area contributed by atoms with Crippen LogP contribution in [-0.4, -0.2) is 20.0 Å². The third kappa shape index (κ3) is 4.26. The molecule has 0 unspecified atom stereocenters. The first-order valence-electron chi connectivity index (χ1n) is 10.3. The van der Waals surface area contributed by atoms with Crippen LogP contribution in [-0.2, 0) is 6.42 Å². The lowest BCUT2D eigenvalue weighted by atomic mass is 9.90. The number of allylic oxidation sites excluding steroid dienone is 2. The highest BCUT2D eigenvalue weighted by Crippen LogP contribution is 2.45. The zero-order valence-corrected chi connectivity index (χ0v) is 18.9. The van der Waals surface area contributed by atoms with E-state index in [0.717, 1.165) is 11.1 Å². The van der Waals surface area contributed by atoms with Crippen LogP contribution in [0.5, 0.6) is 11.5 Å². The molecule has 0 aliphatic heterocycles. The number of rotatable bonds is 7. The number of carbonyl (C=O) groups excluding carboxylic acids is 1. The van der Waals surface area contributed by atoms with Gasteiger partial charge in [-0.2, -0.15) is 0 Å². The summed E-state index contributed by atoms with van der Waals surface area (Å²) in [6.45, 7) is 7.66. The molecule has 5 heteroatoms. The highest BCUT2D eigenvalue weighted by atomic mass is 16.5. The van der Waals surface area contributed by atoms with Crippen molar-refractivity contribution in [1.29, 1.82) is 0 Å². The monoisotopic (exact) mass is 420 g/mol. The number of hydrogen-bond acceptors (Lipinski definition) is 5. The van der Waals surface area contributed by atoms with Crippen LogP contribution in [0.4, 0.5) is 0 Å². The van der Waals surface area contributed by atoms with E-state index in [-0.39, 0.29) is 11.7 Å². The minimum Gasteiger partial charge on any atom is -0.495 e. The lowest BCUT2D eigenvalue weighted by Crippen LogP contribution is -2.14. The number of Topliss-reactive ketones (excluding diaryl/α,β-unsaturated/α-hetero) is 1. The second kappa shape index (κ2) is 9.21. The smallest absolute Gasteiger partial charge is 0.336 e. The molecule has 0 aliphatic carbocycles. The van der Waals surface area contributed by atoms with Gasteiger partial charge in [0.05, 0.1) is 19.6 Å². The largest absolute Gasteiger partial charge is 0.495 e. The van der Waals surface area contributed by atoms with Crippen LogP contribution in [0, 0.1) is 5.92 Å². The second-order valence-corrected chi connectivity index (χ2v) is 7.97. The molecule has 0 aliphatic rings. The molecular formula is C26H28O5. The first-order valence-corrected chi connectivity index (χ1v) is 10.3. The number of hydrogen-bond donors (Lipinski definition) is 0. The van der Waals surface area contributed by atoms with E-state index >= 15 is 0 Å². The van der Waals surface area contributed by atoms with E-state index in [1.165, 1.54) is 20.3 Å². The van der Waals surface area contributed by atoms with Crippen LogP contribution in [0.2, 0.25) is 0 Å². The number of benzene rings is 2. The van der Waals surface area contributed by atoms with Crippen molar-refractivity contribution in [3.8, 4) is 22.6 Å². The van der Waals surface area contributed by atoms with E-state index in [1.54, 1.807) is 0 Å². The normalized spacial score (nSPS) is 10.9. The van der Waals surface area contributed by atoms with Crippen molar-refractivity contribution in [3.63, 3.8) is 0 Å². The van der Waals surface area contributed by atoms with Crippen molar-refractivity contribution in [3.05, 3.63) is 69.6 Å². The number of ketones is 1. The minimum absolute atomic E-state index is 0.0979. The Morgan fingerprint density at radius 1 is 1.06 bits per heavy atom. The summed E-state index contributed by atoms with van der Waals surface area (Å²) in [4.78, 5) is 25.8. The molecule has 3 aromatic rings. The Hall–Kier alpha value is -3.34. The fourth-order valence-corrected chi connectivity index (χ4v) is 3.69. The number of methoxy groups -OCH3 is 2. The number of fused-ring (bicyclic) bond motifs is 1. The third-order valence-electron chi connectivity index (χ3n) is 5.17. The van der Waals surface area contributed by atoms with Gasteiger partial charge in [-0.3, -0.25) is 4.79 Å². The van der Waals surface area contributed by atoms with Gasteiger partial charge < -0.3 is 13.9 Å². The van der Waals surface area contributed by atoms with Crippen LogP contribution in [0.15, 0.2) is 57.3 Å². The summed E-state index contributed by atoms with van der Waals surface area (Å²) in [6.07, 6.45) is 2.47. The summed E-state index contributed by atoms with van der Waals surface area (Å²) in [5.74, 6) is 0.370. The van der Waals surface area contributed by atoms with Crippen molar-refractivity contribution in [2.45, 2.75) is 34.1 Å². The average Bonchev–Trinajstić information content (AvgIpc) is 2.75. The van der Waals surface area contributed by atoms with Crippen molar-refractivity contribution >= 4 is 16.8 Å². The van der Waals surface area contributed by atoms with Crippen molar-refractivity contribution in [1.82, 2.24) is 0 Å². The molecule has 162 valence electrons. The van der Waals surface area contributed by atoms with E-state index in [2.05, 4.69) is 0 Å². The Morgan fingerprint density at radius 2 is 1.71 bits per heavy atom. The molecule has 31 heavy (non-hydrogen) atoms. The first kappa shape index (κ1) is 22.3. The second-order valence-electron chi connectivity index (χ2n) is 7.97. The van der Waals surface area contributed by atoms with Gasteiger partial charge >= 0.3 is 5.63 Å². The molecule has 0 N–H and O–H groups in total. The average molecular weight is 421 g/mol. The zero-order chi connectivity index (χ0) is 22.7. The molecule has 0 atom stereocenters. The van der Waals surface area contributed by atoms with Crippen LogP contribution >= 0.6 is 0 Å². The maximum Gasteiger partial charge on any atom is 0.336 e. The Balaban J connectivity index is 2.59. The molecule has 0 bridgehead atoms. The molecule has 1 aromatic heterocycles. The van der Waals surface area contributed by atoms with E-state index in [9.17, 15) is 9.59 Å². The molecule has 5 nitrogen and oxygen atoms in total. The molecule has 0 radical (unpaired) electrons. The van der Waals surface area contributed by atoms with E-state index in [1.807, 2.05) is 64.1 Å². The van der Waals surface area contributed by atoms with Crippen molar-refractivity contribution in [2.75, 3.05) is 14.2 Å². The van der Waals surface area contributed by atoms with Crippen LogP contribution in [0.3, 0.4) is 0 Å². The van der Waals surface area contributed by atoms with Crippen LogP contribution in [0.1, 0.15) is 43.6 Å². The van der Waals surface area contributed by atoms with Gasteiger partial charge in [-0.25, -0.2) is 4.79 Å².